The van der Waals surface area contributed by atoms with Crippen molar-refractivity contribution in [2.45, 2.75) is 13.3 Å². The van der Waals surface area contributed by atoms with E-state index < -0.39 is 0 Å². The number of hydrogen-bond donors (Lipinski definition) is 2. The van der Waals surface area contributed by atoms with Crippen LogP contribution >= 0.6 is 0 Å². The number of halogens is 1. The van der Waals surface area contributed by atoms with Crippen molar-refractivity contribution < 1.29 is 14.0 Å². The Kier molecular flexibility index (Phi) is 6.47. The molecule has 148 valence electrons. The molecule has 1 saturated heterocycles. The lowest BCUT2D eigenvalue weighted by Gasteiger charge is -2.36. The number of piperazine rings is 1. The van der Waals surface area contributed by atoms with Crippen LogP contribution in [0.3, 0.4) is 0 Å². The van der Waals surface area contributed by atoms with Crippen molar-refractivity contribution >= 4 is 23.3 Å². The molecule has 1 fully saturated rings. The number of urea groups is 1. The van der Waals surface area contributed by atoms with Gasteiger partial charge >= 0.3 is 6.03 Å². The van der Waals surface area contributed by atoms with Gasteiger partial charge in [0.05, 0.1) is 0 Å². The van der Waals surface area contributed by atoms with E-state index in [-0.39, 0.29) is 17.8 Å². The van der Waals surface area contributed by atoms with E-state index in [4.69, 9.17) is 0 Å². The minimum atomic E-state index is -0.244. The SMILES string of the molecule is CC(=O)Nc1cccc(N2CCN(C(=O)NCCc3ccccc3F)CC2)c1. The van der Waals surface area contributed by atoms with E-state index in [2.05, 4.69) is 15.5 Å². The Morgan fingerprint density at radius 3 is 2.50 bits per heavy atom. The van der Waals surface area contributed by atoms with Gasteiger partial charge < -0.3 is 20.4 Å². The van der Waals surface area contributed by atoms with Crippen molar-refractivity contribution in [1.29, 1.82) is 0 Å². The van der Waals surface area contributed by atoms with Crippen LogP contribution in [0.15, 0.2) is 48.5 Å². The van der Waals surface area contributed by atoms with Crippen molar-refractivity contribution in [1.82, 2.24) is 10.2 Å². The summed E-state index contributed by atoms with van der Waals surface area (Å²) >= 11 is 0. The molecule has 0 unspecified atom stereocenters. The van der Waals surface area contributed by atoms with Crippen LogP contribution in [0, 0.1) is 5.82 Å². The highest BCUT2D eigenvalue weighted by Gasteiger charge is 2.21. The molecule has 0 bridgehead atoms. The number of rotatable bonds is 5. The highest BCUT2D eigenvalue weighted by atomic mass is 19.1. The zero-order valence-electron chi connectivity index (χ0n) is 16.0. The lowest BCUT2D eigenvalue weighted by molar-refractivity contribution is -0.114. The summed E-state index contributed by atoms with van der Waals surface area (Å²) in [4.78, 5) is 27.5. The molecule has 3 rings (SSSR count). The van der Waals surface area contributed by atoms with Crippen LogP contribution in [0.25, 0.3) is 0 Å². The number of anilines is 2. The number of amides is 3. The maximum Gasteiger partial charge on any atom is 0.317 e. The summed E-state index contributed by atoms with van der Waals surface area (Å²) in [5.74, 6) is -0.346. The van der Waals surface area contributed by atoms with Crippen molar-refractivity contribution in [3.05, 3.63) is 59.9 Å². The summed E-state index contributed by atoms with van der Waals surface area (Å²) in [5, 5.41) is 5.65. The summed E-state index contributed by atoms with van der Waals surface area (Å²) in [7, 11) is 0. The van der Waals surface area contributed by atoms with Crippen molar-refractivity contribution in [2.24, 2.45) is 0 Å². The normalized spacial score (nSPS) is 13.9. The summed E-state index contributed by atoms with van der Waals surface area (Å²) in [5.41, 5.74) is 2.39. The quantitative estimate of drug-likeness (QED) is 0.833. The minimum absolute atomic E-state index is 0.103. The predicted molar refractivity (Wildman–Crippen MR) is 108 cm³/mol. The third-order valence-corrected chi connectivity index (χ3v) is 4.73. The van der Waals surface area contributed by atoms with Crippen LogP contribution < -0.4 is 15.5 Å². The molecule has 3 amide bonds. The van der Waals surface area contributed by atoms with Crippen LogP contribution in [0.2, 0.25) is 0 Å². The van der Waals surface area contributed by atoms with Crippen LogP contribution in [-0.2, 0) is 11.2 Å². The highest BCUT2D eigenvalue weighted by molar-refractivity contribution is 5.89. The van der Waals surface area contributed by atoms with Gasteiger partial charge in [-0.3, -0.25) is 4.79 Å². The molecule has 2 N–H and O–H groups in total. The van der Waals surface area contributed by atoms with Crippen molar-refractivity contribution in [2.75, 3.05) is 42.9 Å². The highest BCUT2D eigenvalue weighted by Crippen LogP contribution is 2.21. The minimum Gasteiger partial charge on any atom is -0.368 e. The molecule has 7 heteroatoms. The summed E-state index contributed by atoms with van der Waals surface area (Å²) in [6, 6.07) is 14.2. The molecule has 0 aromatic heterocycles. The van der Waals surface area contributed by atoms with E-state index in [0.717, 1.165) is 11.4 Å². The van der Waals surface area contributed by atoms with Gasteiger partial charge in [0.2, 0.25) is 5.91 Å². The molecule has 0 saturated carbocycles. The first-order chi connectivity index (χ1) is 13.5. The molecule has 0 aliphatic carbocycles. The number of nitrogens with zero attached hydrogens (tertiary/aromatic N) is 2. The van der Waals surface area contributed by atoms with Gasteiger partial charge in [-0.1, -0.05) is 24.3 Å². The van der Waals surface area contributed by atoms with E-state index in [9.17, 15) is 14.0 Å². The van der Waals surface area contributed by atoms with Gasteiger partial charge in [0.1, 0.15) is 5.82 Å². The van der Waals surface area contributed by atoms with E-state index >= 15 is 0 Å². The molecule has 0 atom stereocenters. The summed E-state index contributed by atoms with van der Waals surface area (Å²) < 4.78 is 13.6. The lowest BCUT2D eigenvalue weighted by Crippen LogP contribution is -2.52. The Hall–Kier alpha value is -3.09. The molecule has 0 radical (unpaired) electrons. The second kappa shape index (κ2) is 9.21. The number of carbonyl (C=O) groups is 2. The Morgan fingerprint density at radius 2 is 1.79 bits per heavy atom. The maximum absolute atomic E-state index is 13.6. The number of hydrogen-bond acceptors (Lipinski definition) is 3. The van der Waals surface area contributed by atoms with Gasteiger partial charge in [-0.15, -0.1) is 0 Å². The van der Waals surface area contributed by atoms with Gasteiger partial charge in [0.15, 0.2) is 0 Å². The Labute approximate surface area is 164 Å². The van der Waals surface area contributed by atoms with Gasteiger partial charge in [-0.05, 0) is 36.2 Å². The average Bonchev–Trinajstić information content (AvgIpc) is 2.69. The molecule has 2 aromatic carbocycles. The average molecular weight is 384 g/mol. The second-order valence-electron chi connectivity index (χ2n) is 6.78. The molecule has 6 nitrogen and oxygen atoms in total. The molecule has 1 heterocycles. The molecule has 0 spiro atoms. The largest absolute Gasteiger partial charge is 0.368 e. The fourth-order valence-electron chi connectivity index (χ4n) is 3.27. The summed E-state index contributed by atoms with van der Waals surface area (Å²) in [6.45, 7) is 4.52. The van der Waals surface area contributed by atoms with Crippen LogP contribution in [0.4, 0.5) is 20.6 Å². The molecule has 2 aromatic rings. The fraction of sp³-hybridized carbons (Fsp3) is 0.333. The zero-order chi connectivity index (χ0) is 19.9. The Balaban J connectivity index is 1.46. The second-order valence-corrected chi connectivity index (χ2v) is 6.78. The van der Waals surface area contributed by atoms with E-state index in [1.54, 1.807) is 23.1 Å². The van der Waals surface area contributed by atoms with E-state index in [1.807, 2.05) is 24.3 Å². The fourth-order valence-corrected chi connectivity index (χ4v) is 3.27. The molecule has 1 aliphatic rings. The number of benzene rings is 2. The zero-order valence-corrected chi connectivity index (χ0v) is 16.0. The van der Waals surface area contributed by atoms with Gasteiger partial charge in [0, 0.05) is 51.0 Å². The molecular formula is C21H25FN4O2. The standard InChI is InChI=1S/C21H25FN4O2/c1-16(27)24-18-6-4-7-19(15-18)25-11-13-26(14-12-25)21(28)23-10-9-17-5-2-3-8-20(17)22/h2-8,15H,9-14H2,1H3,(H,23,28)(H,24,27). The first-order valence-electron chi connectivity index (χ1n) is 9.42. The Morgan fingerprint density at radius 1 is 1.04 bits per heavy atom. The Bertz CT molecular complexity index is 835. The van der Waals surface area contributed by atoms with Gasteiger partial charge in [0.25, 0.3) is 0 Å². The third kappa shape index (κ3) is 5.22. The van der Waals surface area contributed by atoms with Crippen molar-refractivity contribution in [3.8, 4) is 0 Å². The first-order valence-corrected chi connectivity index (χ1v) is 9.42. The van der Waals surface area contributed by atoms with Crippen molar-refractivity contribution in [3.63, 3.8) is 0 Å². The topological polar surface area (TPSA) is 64.7 Å². The first kappa shape index (κ1) is 19.7. The van der Waals surface area contributed by atoms with Gasteiger partial charge in [-0.25, -0.2) is 9.18 Å². The number of nitrogens with one attached hydrogen (secondary N) is 2. The van der Waals surface area contributed by atoms with Crippen LogP contribution in [0.1, 0.15) is 12.5 Å². The third-order valence-electron chi connectivity index (χ3n) is 4.73. The van der Waals surface area contributed by atoms with Gasteiger partial charge in [-0.2, -0.15) is 0 Å². The van der Waals surface area contributed by atoms with Crippen LogP contribution in [0.5, 0.6) is 0 Å². The predicted octanol–water partition coefficient (Wildman–Crippen LogP) is 2.86. The summed E-state index contributed by atoms with van der Waals surface area (Å²) in [6.07, 6.45) is 0.467. The molecular weight excluding hydrogens is 359 g/mol. The monoisotopic (exact) mass is 384 g/mol. The maximum atomic E-state index is 13.6. The van der Waals surface area contributed by atoms with E-state index in [0.29, 0.717) is 44.7 Å². The number of carbonyl (C=O) groups excluding carboxylic acids is 2. The molecule has 28 heavy (non-hydrogen) atoms. The lowest BCUT2D eigenvalue weighted by atomic mass is 10.1. The van der Waals surface area contributed by atoms with E-state index in [1.165, 1.54) is 13.0 Å². The smallest absolute Gasteiger partial charge is 0.317 e. The molecule has 1 aliphatic heterocycles. The van der Waals surface area contributed by atoms with Crippen LogP contribution in [-0.4, -0.2) is 49.6 Å².